The monoisotopic (exact) mass is 470 g/mol. The lowest BCUT2D eigenvalue weighted by Gasteiger charge is -2.38. The van der Waals surface area contributed by atoms with E-state index < -0.39 is 34.1 Å². The predicted octanol–water partition coefficient (Wildman–Crippen LogP) is 2.38. The van der Waals surface area contributed by atoms with Gasteiger partial charge >= 0.3 is 6.18 Å². The van der Waals surface area contributed by atoms with Gasteiger partial charge in [0.25, 0.3) is 11.8 Å². The zero-order valence-corrected chi connectivity index (χ0v) is 17.4. The maximum Gasteiger partial charge on any atom is 0.422 e. The number of halogens is 3. The highest BCUT2D eigenvalue weighted by Crippen LogP contribution is 2.31. The van der Waals surface area contributed by atoms with Crippen LogP contribution in [0.2, 0.25) is 0 Å². The fraction of sp³-hybridized carbons (Fsp3) is 0.316. The molecule has 0 aliphatic carbocycles. The number of alkyl halides is 3. The summed E-state index contributed by atoms with van der Waals surface area (Å²) < 4.78 is 71.9. The molecule has 0 spiro atoms. The number of hydrogen-bond acceptors (Lipinski definition) is 7. The van der Waals surface area contributed by atoms with Gasteiger partial charge in [0.1, 0.15) is 5.75 Å². The van der Waals surface area contributed by atoms with Crippen molar-refractivity contribution < 1.29 is 35.9 Å². The number of carbonyl (C=O) groups is 1. The van der Waals surface area contributed by atoms with Crippen molar-refractivity contribution in [3.63, 3.8) is 0 Å². The molecule has 1 N–H and O–H groups in total. The summed E-state index contributed by atoms with van der Waals surface area (Å²) in [5, 5.41) is 6.82. The van der Waals surface area contributed by atoms with Crippen LogP contribution in [0.15, 0.2) is 42.7 Å². The van der Waals surface area contributed by atoms with E-state index in [1.54, 1.807) is 6.92 Å². The largest absolute Gasteiger partial charge is 0.478 e. The lowest BCUT2D eigenvalue weighted by molar-refractivity contribution is -0.153. The zero-order chi connectivity index (χ0) is 23.1. The number of ether oxygens (including phenoxy) is 2. The maximum absolute atomic E-state index is 12.5. The highest BCUT2D eigenvalue weighted by molar-refractivity contribution is 7.93. The minimum atomic E-state index is -4.51. The molecule has 0 atom stereocenters. The molecule has 13 heteroatoms. The van der Waals surface area contributed by atoms with Crippen molar-refractivity contribution in [2.45, 2.75) is 18.6 Å². The van der Waals surface area contributed by atoms with Crippen molar-refractivity contribution in [3.8, 4) is 17.4 Å². The van der Waals surface area contributed by atoms with Crippen molar-refractivity contribution in [2.24, 2.45) is 0 Å². The highest BCUT2D eigenvalue weighted by atomic mass is 32.2. The Morgan fingerprint density at radius 3 is 2.72 bits per heavy atom. The molecule has 0 radical (unpaired) electrons. The Morgan fingerprint density at radius 1 is 1.28 bits per heavy atom. The molecule has 3 aromatic heterocycles. The van der Waals surface area contributed by atoms with E-state index >= 15 is 0 Å². The van der Waals surface area contributed by atoms with Gasteiger partial charge in [-0.3, -0.25) is 4.79 Å². The van der Waals surface area contributed by atoms with Gasteiger partial charge in [0, 0.05) is 18.5 Å². The fourth-order valence-corrected chi connectivity index (χ4v) is 5.32. The Labute approximate surface area is 180 Å². The van der Waals surface area contributed by atoms with E-state index in [-0.39, 0.29) is 34.6 Å². The molecule has 0 saturated carbocycles. The minimum Gasteiger partial charge on any atom is -0.478 e. The zero-order valence-electron chi connectivity index (χ0n) is 16.6. The molecule has 3 aromatic rings. The molecule has 4 rings (SSSR count). The Morgan fingerprint density at radius 2 is 2.03 bits per heavy atom. The van der Waals surface area contributed by atoms with Gasteiger partial charge in [0.05, 0.1) is 22.6 Å². The predicted molar refractivity (Wildman–Crippen MR) is 106 cm³/mol. The van der Waals surface area contributed by atoms with E-state index in [9.17, 15) is 26.4 Å². The lowest BCUT2D eigenvalue weighted by atomic mass is 10.1. The van der Waals surface area contributed by atoms with Crippen LogP contribution in [0.4, 0.5) is 13.2 Å². The van der Waals surface area contributed by atoms with Crippen LogP contribution in [0.1, 0.15) is 17.4 Å². The first-order chi connectivity index (χ1) is 14.9. The summed E-state index contributed by atoms with van der Waals surface area (Å²) in [6.07, 6.45) is -1.67. The highest BCUT2D eigenvalue weighted by Gasteiger charge is 2.46. The number of pyridine rings is 2. The van der Waals surface area contributed by atoms with Gasteiger partial charge in [-0.2, -0.15) is 18.3 Å². The number of sulfone groups is 1. The van der Waals surface area contributed by atoms with Gasteiger partial charge in [-0.15, -0.1) is 0 Å². The number of nitrogens with one attached hydrogen (secondary N) is 1. The Balaban J connectivity index is 1.50. The molecule has 1 aliphatic rings. The normalized spacial score (nSPS) is 16.9. The second-order valence-electron chi connectivity index (χ2n) is 7.62. The first kappa shape index (κ1) is 21.9. The first-order valence-corrected chi connectivity index (χ1v) is 11.1. The summed E-state index contributed by atoms with van der Waals surface area (Å²) >= 11 is 0. The number of amides is 1. The van der Waals surface area contributed by atoms with Crippen molar-refractivity contribution in [1.82, 2.24) is 19.9 Å². The van der Waals surface area contributed by atoms with Gasteiger partial charge in [-0.1, -0.05) is 0 Å². The second kappa shape index (κ2) is 7.65. The molecular formula is C19H17F3N4O5S. The van der Waals surface area contributed by atoms with Gasteiger partial charge in [0.2, 0.25) is 0 Å². The third-order valence-corrected chi connectivity index (χ3v) is 6.66. The summed E-state index contributed by atoms with van der Waals surface area (Å²) in [4.78, 5) is 16.4. The lowest BCUT2D eigenvalue weighted by Crippen LogP contribution is -2.63. The molecule has 1 fully saturated rings. The number of aromatic nitrogens is 3. The topological polar surface area (TPSA) is 112 Å². The molecule has 4 heterocycles. The number of rotatable bonds is 6. The molecule has 9 nitrogen and oxygen atoms in total. The molecule has 1 amide bonds. The van der Waals surface area contributed by atoms with Crippen LogP contribution in [0, 0.1) is 0 Å². The first-order valence-electron chi connectivity index (χ1n) is 9.26. The Bertz CT molecular complexity index is 1280. The van der Waals surface area contributed by atoms with E-state index in [0.717, 1.165) is 0 Å². The summed E-state index contributed by atoms with van der Waals surface area (Å²) in [5.74, 6) is -0.905. The number of nitrogens with zero attached hydrogens (tertiary/aromatic N) is 3. The van der Waals surface area contributed by atoms with Crippen LogP contribution >= 0.6 is 0 Å². The minimum absolute atomic E-state index is 0.0692. The van der Waals surface area contributed by atoms with Crippen molar-refractivity contribution in [1.29, 1.82) is 0 Å². The maximum atomic E-state index is 12.5. The molecule has 1 aliphatic heterocycles. The quantitative estimate of drug-likeness (QED) is 0.589. The molecule has 1 saturated heterocycles. The van der Waals surface area contributed by atoms with Crippen LogP contribution in [0.25, 0.3) is 5.52 Å². The smallest absolute Gasteiger partial charge is 0.422 e. The van der Waals surface area contributed by atoms with Crippen molar-refractivity contribution >= 4 is 21.3 Å². The number of carbonyl (C=O) groups excluding carboxylic acids is 1. The van der Waals surface area contributed by atoms with E-state index in [1.807, 2.05) is 0 Å². The molecule has 32 heavy (non-hydrogen) atoms. The fourth-order valence-electron chi connectivity index (χ4n) is 3.32. The summed E-state index contributed by atoms with van der Waals surface area (Å²) in [6, 6.07) is 7.19. The van der Waals surface area contributed by atoms with Crippen molar-refractivity contribution in [3.05, 3.63) is 48.4 Å². The molecule has 170 valence electrons. The molecule has 0 aromatic carbocycles. The van der Waals surface area contributed by atoms with Crippen LogP contribution in [0.5, 0.6) is 17.4 Å². The number of fused-ring (bicyclic) bond motifs is 1. The Hall–Kier alpha value is -3.35. The SMILES string of the molecule is CC1(NC(=O)c2cc3cc(Oc4ncccc4OCC(F)(F)F)ccn3n2)CS(=O)(=O)C1. The molecule has 0 bridgehead atoms. The van der Waals surface area contributed by atoms with Gasteiger partial charge in [-0.05, 0) is 31.2 Å². The van der Waals surface area contributed by atoms with Crippen LogP contribution in [-0.2, 0) is 9.84 Å². The summed E-state index contributed by atoms with van der Waals surface area (Å²) in [6.45, 7) is 0.147. The number of hydrogen-bond donors (Lipinski definition) is 1. The van der Waals surface area contributed by atoms with Gasteiger partial charge < -0.3 is 14.8 Å². The summed E-state index contributed by atoms with van der Waals surface area (Å²) in [7, 11) is -3.13. The molecular weight excluding hydrogens is 453 g/mol. The van der Waals surface area contributed by atoms with Gasteiger partial charge in [-0.25, -0.2) is 17.9 Å². The van der Waals surface area contributed by atoms with Crippen molar-refractivity contribution in [2.75, 3.05) is 18.1 Å². The van der Waals surface area contributed by atoms with Gasteiger partial charge in [0.15, 0.2) is 27.9 Å². The molecule has 0 unspecified atom stereocenters. The average Bonchev–Trinajstić information content (AvgIpc) is 3.08. The van der Waals surface area contributed by atoms with E-state index in [1.165, 1.54) is 47.2 Å². The van der Waals surface area contributed by atoms with Crippen LogP contribution in [0.3, 0.4) is 0 Å². The Kier molecular flexibility index (Phi) is 5.23. The third kappa shape index (κ3) is 4.93. The second-order valence-corrected chi connectivity index (χ2v) is 9.69. The van der Waals surface area contributed by atoms with E-state index in [4.69, 9.17) is 9.47 Å². The standard InChI is InChI=1S/C19H17F3N4O5S/c1-18(10-32(28,29)11-18)24-16(27)14-8-12-7-13(4-6-26(12)25-14)31-17-15(3-2-5-23-17)30-9-19(20,21)22/h2-8H,9-11H2,1H3,(H,24,27). The van der Waals surface area contributed by atoms with Crippen LogP contribution in [-0.4, -0.2) is 58.8 Å². The van der Waals surface area contributed by atoms with E-state index in [2.05, 4.69) is 15.4 Å². The average molecular weight is 470 g/mol. The van der Waals surface area contributed by atoms with Crippen LogP contribution < -0.4 is 14.8 Å². The summed E-state index contributed by atoms with van der Waals surface area (Å²) in [5.41, 5.74) is -0.307. The third-order valence-electron chi connectivity index (χ3n) is 4.50. The van der Waals surface area contributed by atoms with E-state index in [0.29, 0.717) is 5.52 Å².